The number of rotatable bonds is 6. The highest BCUT2D eigenvalue weighted by Gasteiger charge is 2.35. The summed E-state index contributed by atoms with van der Waals surface area (Å²) in [7, 11) is 2.39. The first-order valence-corrected chi connectivity index (χ1v) is 9.55. The summed E-state index contributed by atoms with van der Waals surface area (Å²) in [4.78, 5) is 2.71. The van der Waals surface area contributed by atoms with Crippen LogP contribution in [0.4, 0.5) is 0 Å². The van der Waals surface area contributed by atoms with Crippen molar-refractivity contribution in [2.45, 2.75) is 84.2 Å². The summed E-state index contributed by atoms with van der Waals surface area (Å²) in [6.45, 7) is 9.72. The molecule has 2 fully saturated rings. The summed E-state index contributed by atoms with van der Waals surface area (Å²) in [5.41, 5.74) is 0. The predicted octanol–water partition coefficient (Wildman–Crippen LogP) is 4.30. The van der Waals surface area contributed by atoms with Crippen molar-refractivity contribution in [2.75, 3.05) is 20.1 Å². The third-order valence-electron chi connectivity index (χ3n) is 6.03. The topological polar surface area (TPSA) is 15.3 Å². The second kappa shape index (κ2) is 8.53. The lowest BCUT2D eigenvalue weighted by Gasteiger charge is -2.43. The van der Waals surface area contributed by atoms with Gasteiger partial charge in [-0.1, -0.05) is 40.0 Å². The molecule has 21 heavy (non-hydrogen) atoms. The molecule has 0 aromatic heterocycles. The molecule has 2 heteroatoms. The highest BCUT2D eigenvalue weighted by Crippen LogP contribution is 2.35. The maximum Gasteiger partial charge on any atom is 0.0113 e. The SMILES string of the molecule is CCCNC1CC(C)CC(C)C1CN(C)C1CCCCC1. The van der Waals surface area contributed by atoms with Crippen LogP contribution in [0.2, 0.25) is 0 Å². The zero-order valence-corrected chi connectivity index (χ0v) is 14.9. The minimum atomic E-state index is 0.745. The number of hydrogen-bond donors (Lipinski definition) is 1. The summed E-state index contributed by atoms with van der Waals surface area (Å²) >= 11 is 0. The molecule has 0 aromatic carbocycles. The Balaban J connectivity index is 1.92. The van der Waals surface area contributed by atoms with E-state index in [-0.39, 0.29) is 0 Å². The Morgan fingerprint density at radius 1 is 1.05 bits per heavy atom. The van der Waals surface area contributed by atoms with Gasteiger partial charge in [-0.25, -0.2) is 0 Å². The Morgan fingerprint density at radius 2 is 1.76 bits per heavy atom. The molecule has 1 N–H and O–H groups in total. The van der Waals surface area contributed by atoms with Crippen LogP contribution in [0.1, 0.15) is 72.1 Å². The van der Waals surface area contributed by atoms with E-state index in [1.807, 2.05) is 0 Å². The molecule has 0 amide bonds. The van der Waals surface area contributed by atoms with Gasteiger partial charge in [0, 0.05) is 18.6 Å². The molecular formula is C19H38N2. The monoisotopic (exact) mass is 294 g/mol. The van der Waals surface area contributed by atoms with Crippen LogP contribution in [-0.2, 0) is 0 Å². The number of nitrogens with zero attached hydrogens (tertiary/aromatic N) is 1. The van der Waals surface area contributed by atoms with Crippen molar-refractivity contribution < 1.29 is 0 Å². The summed E-state index contributed by atoms with van der Waals surface area (Å²) in [6, 6.07) is 1.60. The molecule has 2 aliphatic carbocycles. The van der Waals surface area contributed by atoms with E-state index in [1.54, 1.807) is 0 Å². The van der Waals surface area contributed by atoms with Crippen molar-refractivity contribution in [1.29, 1.82) is 0 Å². The quantitative estimate of drug-likeness (QED) is 0.785. The fourth-order valence-corrected chi connectivity index (χ4v) is 4.79. The second-order valence-electron chi connectivity index (χ2n) is 8.01. The summed E-state index contributed by atoms with van der Waals surface area (Å²) in [5.74, 6) is 2.61. The molecule has 4 atom stereocenters. The van der Waals surface area contributed by atoms with Crippen molar-refractivity contribution in [1.82, 2.24) is 10.2 Å². The van der Waals surface area contributed by atoms with E-state index in [9.17, 15) is 0 Å². The standard InChI is InChI=1S/C19H38N2/c1-5-11-20-19-13-15(2)12-16(3)18(19)14-21(4)17-9-7-6-8-10-17/h15-20H,5-14H2,1-4H3. The molecule has 2 nitrogen and oxygen atoms in total. The molecular weight excluding hydrogens is 256 g/mol. The van der Waals surface area contributed by atoms with Crippen LogP contribution in [0, 0.1) is 17.8 Å². The molecule has 2 rings (SSSR count). The van der Waals surface area contributed by atoms with E-state index in [2.05, 4.69) is 38.0 Å². The van der Waals surface area contributed by atoms with Crippen LogP contribution in [-0.4, -0.2) is 37.1 Å². The Kier molecular flexibility index (Phi) is 7.01. The first-order chi connectivity index (χ1) is 10.1. The Morgan fingerprint density at radius 3 is 2.43 bits per heavy atom. The van der Waals surface area contributed by atoms with Gasteiger partial charge in [0.25, 0.3) is 0 Å². The highest BCUT2D eigenvalue weighted by molar-refractivity contribution is 4.90. The highest BCUT2D eigenvalue weighted by atomic mass is 15.1. The van der Waals surface area contributed by atoms with Gasteiger partial charge in [-0.05, 0) is 63.5 Å². The summed E-state index contributed by atoms with van der Waals surface area (Å²) in [6.07, 6.45) is 11.3. The molecule has 0 bridgehead atoms. The zero-order chi connectivity index (χ0) is 15.2. The Bertz CT molecular complexity index is 285. The van der Waals surface area contributed by atoms with Crippen LogP contribution in [0.25, 0.3) is 0 Å². The Labute approximate surface area is 133 Å². The van der Waals surface area contributed by atoms with E-state index in [0.717, 1.165) is 29.8 Å². The molecule has 0 spiro atoms. The van der Waals surface area contributed by atoms with E-state index in [4.69, 9.17) is 0 Å². The second-order valence-corrected chi connectivity index (χ2v) is 8.01. The van der Waals surface area contributed by atoms with Crippen molar-refractivity contribution in [2.24, 2.45) is 17.8 Å². The van der Waals surface area contributed by atoms with Crippen LogP contribution in [0.3, 0.4) is 0 Å². The largest absolute Gasteiger partial charge is 0.314 e. The molecule has 124 valence electrons. The number of nitrogens with one attached hydrogen (secondary N) is 1. The molecule has 0 radical (unpaired) electrons. The van der Waals surface area contributed by atoms with E-state index < -0.39 is 0 Å². The number of hydrogen-bond acceptors (Lipinski definition) is 2. The maximum atomic E-state index is 3.86. The summed E-state index contributed by atoms with van der Waals surface area (Å²) in [5, 5.41) is 3.86. The third-order valence-corrected chi connectivity index (χ3v) is 6.03. The van der Waals surface area contributed by atoms with Gasteiger partial charge in [0.15, 0.2) is 0 Å². The first kappa shape index (κ1) is 17.3. The van der Waals surface area contributed by atoms with Gasteiger partial charge in [0.1, 0.15) is 0 Å². The molecule has 2 saturated carbocycles. The van der Waals surface area contributed by atoms with Crippen molar-refractivity contribution >= 4 is 0 Å². The van der Waals surface area contributed by atoms with Gasteiger partial charge in [0.05, 0.1) is 0 Å². The van der Waals surface area contributed by atoms with Crippen LogP contribution in [0.5, 0.6) is 0 Å². The third kappa shape index (κ3) is 4.96. The molecule has 0 aliphatic heterocycles. The molecule has 0 saturated heterocycles. The molecule has 0 heterocycles. The lowest BCUT2D eigenvalue weighted by atomic mass is 9.72. The van der Waals surface area contributed by atoms with Gasteiger partial charge in [-0.2, -0.15) is 0 Å². The van der Waals surface area contributed by atoms with Crippen molar-refractivity contribution in [3.05, 3.63) is 0 Å². The van der Waals surface area contributed by atoms with Crippen LogP contribution >= 0.6 is 0 Å². The van der Waals surface area contributed by atoms with Crippen molar-refractivity contribution in [3.63, 3.8) is 0 Å². The van der Waals surface area contributed by atoms with Gasteiger partial charge in [-0.15, -0.1) is 0 Å². The predicted molar refractivity (Wildman–Crippen MR) is 92.6 cm³/mol. The van der Waals surface area contributed by atoms with Gasteiger partial charge in [-0.3, -0.25) is 0 Å². The molecule has 4 unspecified atom stereocenters. The van der Waals surface area contributed by atoms with Crippen LogP contribution in [0.15, 0.2) is 0 Å². The van der Waals surface area contributed by atoms with Gasteiger partial charge in [0.2, 0.25) is 0 Å². The molecule has 2 aliphatic rings. The molecule has 0 aromatic rings. The minimum absolute atomic E-state index is 0.745. The minimum Gasteiger partial charge on any atom is -0.314 e. The van der Waals surface area contributed by atoms with E-state index in [1.165, 1.54) is 64.5 Å². The fourth-order valence-electron chi connectivity index (χ4n) is 4.79. The van der Waals surface area contributed by atoms with Crippen LogP contribution < -0.4 is 5.32 Å². The maximum absolute atomic E-state index is 3.86. The van der Waals surface area contributed by atoms with Gasteiger partial charge < -0.3 is 10.2 Å². The van der Waals surface area contributed by atoms with E-state index in [0.29, 0.717) is 0 Å². The average Bonchev–Trinajstić information content (AvgIpc) is 2.48. The van der Waals surface area contributed by atoms with Crippen molar-refractivity contribution in [3.8, 4) is 0 Å². The average molecular weight is 295 g/mol. The summed E-state index contributed by atoms with van der Waals surface area (Å²) < 4.78 is 0. The smallest absolute Gasteiger partial charge is 0.0113 e. The Hall–Kier alpha value is -0.0800. The normalized spacial score (nSPS) is 35.3. The van der Waals surface area contributed by atoms with E-state index >= 15 is 0 Å². The fraction of sp³-hybridized carbons (Fsp3) is 1.00. The first-order valence-electron chi connectivity index (χ1n) is 9.55. The van der Waals surface area contributed by atoms with Gasteiger partial charge >= 0.3 is 0 Å². The lowest BCUT2D eigenvalue weighted by Crippen LogP contribution is -2.50. The zero-order valence-electron chi connectivity index (χ0n) is 14.9. The lowest BCUT2D eigenvalue weighted by molar-refractivity contribution is 0.0838.